The molecular formula is C19H19N3O3S. The van der Waals surface area contributed by atoms with E-state index < -0.39 is 15.6 Å². The summed E-state index contributed by atoms with van der Waals surface area (Å²) in [6.07, 6.45) is 1.32. The molecule has 1 aromatic heterocycles. The van der Waals surface area contributed by atoms with Gasteiger partial charge in [-0.25, -0.2) is 13.4 Å². The summed E-state index contributed by atoms with van der Waals surface area (Å²) in [5.41, 5.74) is 1.40. The smallest absolute Gasteiger partial charge is 0.241 e. The zero-order valence-corrected chi connectivity index (χ0v) is 15.6. The minimum atomic E-state index is -3.98. The zero-order valence-electron chi connectivity index (χ0n) is 14.7. The van der Waals surface area contributed by atoms with E-state index in [2.05, 4.69) is 4.98 Å². The number of fused-ring (bicyclic) bond motifs is 1. The molecular weight excluding hydrogens is 350 g/mol. The molecule has 3 rings (SSSR count). The normalized spacial score (nSPS) is 12.3. The molecule has 0 aliphatic rings. The van der Waals surface area contributed by atoms with E-state index in [-0.39, 0.29) is 15.6 Å². The van der Waals surface area contributed by atoms with E-state index in [0.717, 1.165) is 5.52 Å². The number of allylic oxidation sites excluding steroid dienone is 1. The number of carbonyl (C=O) groups excluding carboxylic acids is 1. The fraction of sp³-hybridized carbons (Fsp3) is 0.158. The number of carbonyl (C=O) groups is 1. The molecule has 0 unspecified atom stereocenters. The molecule has 7 heteroatoms. The zero-order chi connectivity index (χ0) is 18.9. The third-order valence-electron chi connectivity index (χ3n) is 3.93. The number of aromatic nitrogens is 2. The number of sulfone groups is 1. The molecule has 3 aromatic rings. The van der Waals surface area contributed by atoms with Gasteiger partial charge in [0.05, 0.1) is 15.9 Å². The second kappa shape index (κ2) is 6.76. The lowest BCUT2D eigenvalue weighted by Gasteiger charge is -2.12. The number of imidazole rings is 1. The second-order valence-corrected chi connectivity index (χ2v) is 8.00. The van der Waals surface area contributed by atoms with Crippen molar-refractivity contribution in [2.45, 2.75) is 4.90 Å². The van der Waals surface area contributed by atoms with Crippen LogP contribution in [0.4, 0.5) is 0 Å². The van der Waals surface area contributed by atoms with Crippen molar-refractivity contribution in [2.75, 3.05) is 14.1 Å². The molecule has 0 fully saturated rings. The van der Waals surface area contributed by atoms with Gasteiger partial charge in [-0.1, -0.05) is 30.3 Å². The molecule has 0 aliphatic carbocycles. The van der Waals surface area contributed by atoms with Crippen molar-refractivity contribution in [2.24, 2.45) is 7.05 Å². The number of Topliss-reactive ketones (excluding diaryl/α,β-unsaturated/α-hetero) is 1. The Bertz CT molecular complexity index is 1100. The summed E-state index contributed by atoms with van der Waals surface area (Å²) in [6, 6.07) is 15.2. The highest BCUT2D eigenvalue weighted by Crippen LogP contribution is 2.24. The second-order valence-electron chi connectivity index (χ2n) is 6.09. The van der Waals surface area contributed by atoms with Crippen LogP contribution in [0.5, 0.6) is 0 Å². The van der Waals surface area contributed by atoms with E-state index in [1.807, 2.05) is 18.2 Å². The Hall–Kier alpha value is -2.93. The molecule has 6 nitrogen and oxygen atoms in total. The van der Waals surface area contributed by atoms with E-state index in [1.165, 1.54) is 23.2 Å². The Labute approximate surface area is 152 Å². The molecule has 0 bridgehead atoms. The topological polar surface area (TPSA) is 72.3 Å². The van der Waals surface area contributed by atoms with Crippen molar-refractivity contribution in [3.8, 4) is 0 Å². The standard InChI is InChI=1S/C19H19N3O3S/c1-21(2)13-17(26(24,25)14-9-5-4-6-10-14)18(23)19-20-15-11-7-8-12-16(15)22(19)3/h4-13H,1-3H3. The van der Waals surface area contributed by atoms with Gasteiger partial charge in [-0.05, 0) is 24.3 Å². The van der Waals surface area contributed by atoms with Gasteiger partial charge in [-0.3, -0.25) is 4.79 Å². The molecule has 26 heavy (non-hydrogen) atoms. The molecule has 1 heterocycles. The SMILES string of the molecule is CN(C)C=C(C(=O)c1nc2ccccc2n1C)S(=O)(=O)c1ccccc1. The van der Waals surface area contributed by atoms with Crippen LogP contribution in [0.2, 0.25) is 0 Å². The monoisotopic (exact) mass is 369 g/mol. The van der Waals surface area contributed by atoms with Gasteiger partial charge in [-0.2, -0.15) is 0 Å². The summed E-state index contributed by atoms with van der Waals surface area (Å²) in [4.78, 5) is 18.8. The quantitative estimate of drug-likeness (QED) is 0.511. The maximum atomic E-state index is 13.1. The van der Waals surface area contributed by atoms with Crippen LogP contribution >= 0.6 is 0 Å². The highest BCUT2D eigenvalue weighted by Gasteiger charge is 2.31. The number of para-hydroxylation sites is 2. The maximum Gasteiger partial charge on any atom is 0.241 e. The molecule has 0 N–H and O–H groups in total. The molecule has 0 saturated heterocycles. The number of ketones is 1. The van der Waals surface area contributed by atoms with Crippen LogP contribution in [0.3, 0.4) is 0 Å². The van der Waals surface area contributed by atoms with Gasteiger partial charge in [0.25, 0.3) is 0 Å². The number of nitrogens with zero attached hydrogens (tertiary/aromatic N) is 3. The van der Waals surface area contributed by atoms with E-state index in [1.54, 1.807) is 50.0 Å². The third kappa shape index (κ3) is 3.13. The lowest BCUT2D eigenvalue weighted by molar-refractivity contribution is 0.102. The molecule has 0 amide bonds. The van der Waals surface area contributed by atoms with Crippen LogP contribution in [0, 0.1) is 0 Å². The predicted octanol–water partition coefficient (Wildman–Crippen LogP) is 2.63. The summed E-state index contributed by atoms with van der Waals surface area (Å²) < 4.78 is 27.7. The number of hydrogen-bond acceptors (Lipinski definition) is 5. The number of rotatable bonds is 5. The van der Waals surface area contributed by atoms with E-state index in [0.29, 0.717) is 5.52 Å². The summed E-state index contributed by atoms with van der Waals surface area (Å²) in [5, 5.41) is 0. The van der Waals surface area contributed by atoms with Gasteiger partial charge in [0, 0.05) is 27.3 Å². The summed E-state index contributed by atoms with van der Waals surface area (Å²) in [5.74, 6) is -0.556. The molecule has 0 spiro atoms. The lowest BCUT2D eigenvalue weighted by Crippen LogP contribution is -2.20. The summed E-state index contributed by atoms with van der Waals surface area (Å²) in [6.45, 7) is 0. The summed E-state index contributed by atoms with van der Waals surface area (Å²) >= 11 is 0. The van der Waals surface area contributed by atoms with E-state index >= 15 is 0 Å². The van der Waals surface area contributed by atoms with Crippen molar-refractivity contribution < 1.29 is 13.2 Å². The molecule has 0 atom stereocenters. The average Bonchev–Trinajstić information content (AvgIpc) is 2.97. The van der Waals surface area contributed by atoms with Gasteiger partial charge in [-0.15, -0.1) is 0 Å². The van der Waals surface area contributed by atoms with Gasteiger partial charge in [0.1, 0.15) is 4.91 Å². The van der Waals surface area contributed by atoms with Crippen LogP contribution in [0.1, 0.15) is 10.6 Å². The van der Waals surface area contributed by atoms with Crippen molar-refractivity contribution in [3.63, 3.8) is 0 Å². The fourth-order valence-corrected chi connectivity index (χ4v) is 4.12. The van der Waals surface area contributed by atoms with Gasteiger partial charge in [0.15, 0.2) is 5.82 Å². The molecule has 134 valence electrons. The largest absolute Gasteiger partial charge is 0.382 e. The van der Waals surface area contributed by atoms with Crippen LogP contribution in [0.25, 0.3) is 11.0 Å². The Morgan fingerprint density at radius 3 is 2.27 bits per heavy atom. The fourth-order valence-electron chi connectivity index (χ4n) is 2.67. The maximum absolute atomic E-state index is 13.1. The average molecular weight is 369 g/mol. The predicted molar refractivity (Wildman–Crippen MR) is 100 cm³/mol. The van der Waals surface area contributed by atoms with Crippen LogP contribution in [-0.4, -0.2) is 42.7 Å². The first-order valence-corrected chi connectivity index (χ1v) is 9.45. The van der Waals surface area contributed by atoms with Crippen LogP contribution in [0.15, 0.2) is 70.6 Å². The van der Waals surface area contributed by atoms with Crippen LogP contribution < -0.4 is 0 Å². The van der Waals surface area contributed by atoms with Crippen molar-refractivity contribution >= 4 is 26.7 Å². The molecule has 2 aromatic carbocycles. The van der Waals surface area contributed by atoms with E-state index in [4.69, 9.17) is 0 Å². The lowest BCUT2D eigenvalue weighted by atomic mass is 10.3. The van der Waals surface area contributed by atoms with Crippen LogP contribution in [-0.2, 0) is 16.9 Å². The van der Waals surface area contributed by atoms with Gasteiger partial charge < -0.3 is 9.47 Å². The minimum Gasteiger partial charge on any atom is -0.382 e. The highest BCUT2D eigenvalue weighted by atomic mass is 32.2. The minimum absolute atomic E-state index is 0.0696. The number of aryl methyl sites for hydroxylation is 1. The van der Waals surface area contributed by atoms with Gasteiger partial charge in [0.2, 0.25) is 15.6 Å². The van der Waals surface area contributed by atoms with Crippen molar-refractivity contribution in [1.29, 1.82) is 0 Å². The first-order chi connectivity index (χ1) is 12.3. The number of benzene rings is 2. The third-order valence-corrected chi connectivity index (χ3v) is 5.70. The Balaban J connectivity index is 2.17. The van der Waals surface area contributed by atoms with E-state index in [9.17, 15) is 13.2 Å². The highest BCUT2D eigenvalue weighted by molar-refractivity contribution is 7.96. The molecule has 0 saturated carbocycles. The summed E-state index contributed by atoms with van der Waals surface area (Å²) in [7, 11) is 1.06. The van der Waals surface area contributed by atoms with Crippen molar-refractivity contribution in [3.05, 3.63) is 71.5 Å². The molecule has 0 aliphatic heterocycles. The Kier molecular flexibility index (Phi) is 4.65. The Morgan fingerprint density at radius 1 is 1.04 bits per heavy atom. The van der Waals surface area contributed by atoms with Gasteiger partial charge >= 0.3 is 0 Å². The number of hydrogen-bond donors (Lipinski definition) is 0. The molecule has 0 radical (unpaired) electrons. The first-order valence-electron chi connectivity index (χ1n) is 7.97. The Morgan fingerprint density at radius 2 is 1.65 bits per heavy atom. The van der Waals surface area contributed by atoms with Crippen molar-refractivity contribution in [1.82, 2.24) is 14.5 Å². The first kappa shape index (κ1) is 17.9.